The second kappa shape index (κ2) is 5.89. The van der Waals surface area contributed by atoms with Crippen LogP contribution in [-0.4, -0.2) is 12.6 Å². The molecule has 0 atom stereocenters. The molecule has 0 heterocycles. The number of hydrogen-bond acceptors (Lipinski definition) is 1. The van der Waals surface area contributed by atoms with Crippen LogP contribution in [0.1, 0.15) is 66.2 Å². The van der Waals surface area contributed by atoms with Crippen LogP contribution in [0.15, 0.2) is 0 Å². The first-order valence-corrected chi connectivity index (χ1v) is 6.80. The highest BCUT2D eigenvalue weighted by Crippen LogP contribution is 2.35. The van der Waals surface area contributed by atoms with Crippen LogP contribution in [0, 0.1) is 11.3 Å². The fourth-order valence-electron chi connectivity index (χ4n) is 2.51. The second-order valence-corrected chi connectivity index (χ2v) is 6.03. The maximum absolute atomic E-state index is 3.76. The molecule has 0 radical (unpaired) electrons. The van der Waals surface area contributed by atoms with Gasteiger partial charge in [0.2, 0.25) is 0 Å². The van der Waals surface area contributed by atoms with E-state index in [1.165, 1.54) is 45.1 Å². The summed E-state index contributed by atoms with van der Waals surface area (Å²) in [5.74, 6) is 0.889. The average Bonchev–Trinajstić information content (AvgIpc) is 2.21. The normalized spacial score (nSPS) is 22.2. The summed E-state index contributed by atoms with van der Waals surface area (Å²) in [5, 5.41) is 3.76. The fourth-order valence-corrected chi connectivity index (χ4v) is 2.51. The smallest absolute Gasteiger partial charge is 0.00675 e. The monoisotopic (exact) mass is 211 g/mol. The molecule has 0 aromatic heterocycles. The topological polar surface area (TPSA) is 12.0 Å². The predicted molar refractivity (Wildman–Crippen MR) is 68.1 cm³/mol. The highest BCUT2D eigenvalue weighted by atomic mass is 14.9. The first kappa shape index (κ1) is 13.0. The minimum Gasteiger partial charge on any atom is -0.314 e. The summed E-state index contributed by atoms with van der Waals surface area (Å²) in [6.07, 6.45) is 8.20. The van der Waals surface area contributed by atoms with E-state index in [2.05, 4.69) is 33.0 Å². The lowest BCUT2D eigenvalue weighted by molar-refractivity contribution is 0.202. The van der Waals surface area contributed by atoms with Crippen LogP contribution in [-0.2, 0) is 0 Å². The van der Waals surface area contributed by atoms with E-state index in [1.54, 1.807) is 0 Å². The van der Waals surface area contributed by atoms with Gasteiger partial charge in [0, 0.05) is 6.04 Å². The third kappa shape index (κ3) is 4.55. The van der Waals surface area contributed by atoms with Crippen LogP contribution in [0.3, 0.4) is 0 Å². The zero-order chi connectivity index (χ0) is 11.3. The maximum Gasteiger partial charge on any atom is 0.00675 e. The fraction of sp³-hybridized carbons (Fsp3) is 1.00. The zero-order valence-electron chi connectivity index (χ0n) is 11.1. The number of rotatable bonds is 5. The summed E-state index contributed by atoms with van der Waals surface area (Å²) in [5.41, 5.74) is 0.604. The molecule has 1 aliphatic carbocycles. The van der Waals surface area contributed by atoms with Crippen molar-refractivity contribution in [2.75, 3.05) is 6.54 Å². The molecule has 0 saturated heterocycles. The van der Waals surface area contributed by atoms with Gasteiger partial charge in [-0.25, -0.2) is 0 Å². The van der Waals surface area contributed by atoms with Crippen molar-refractivity contribution < 1.29 is 0 Å². The molecular weight excluding hydrogens is 182 g/mol. The molecule has 1 aliphatic rings. The van der Waals surface area contributed by atoms with Gasteiger partial charge in [-0.1, -0.05) is 40.5 Å². The van der Waals surface area contributed by atoms with Gasteiger partial charge in [-0.15, -0.1) is 0 Å². The Morgan fingerprint density at radius 1 is 1.13 bits per heavy atom. The maximum atomic E-state index is 3.76. The molecule has 15 heavy (non-hydrogen) atoms. The molecule has 0 aromatic rings. The van der Waals surface area contributed by atoms with Gasteiger partial charge in [0.05, 0.1) is 0 Å². The Morgan fingerprint density at radius 3 is 2.13 bits per heavy atom. The molecule has 0 unspecified atom stereocenters. The molecule has 1 saturated carbocycles. The lowest BCUT2D eigenvalue weighted by Crippen LogP contribution is -2.37. The minimum atomic E-state index is 0.604. The third-order valence-electron chi connectivity index (χ3n) is 4.19. The summed E-state index contributed by atoms with van der Waals surface area (Å²) < 4.78 is 0. The highest BCUT2D eigenvalue weighted by molar-refractivity contribution is 4.82. The first-order chi connectivity index (χ1) is 7.07. The van der Waals surface area contributed by atoms with E-state index in [1.807, 2.05) is 0 Å². The molecule has 0 aromatic carbocycles. The van der Waals surface area contributed by atoms with E-state index in [0.29, 0.717) is 5.41 Å². The summed E-state index contributed by atoms with van der Waals surface area (Å²) in [6.45, 7) is 10.7. The molecule has 1 fully saturated rings. The lowest BCUT2D eigenvalue weighted by Gasteiger charge is -2.35. The van der Waals surface area contributed by atoms with Gasteiger partial charge in [0.1, 0.15) is 0 Å². The van der Waals surface area contributed by atoms with Crippen LogP contribution in [0.25, 0.3) is 0 Å². The van der Waals surface area contributed by atoms with Crippen molar-refractivity contribution in [1.82, 2.24) is 5.32 Å². The standard InChI is InChI=1S/C14H29N/c1-5-12(6-2)11-15-13-7-9-14(3,4)10-8-13/h12-13,15H,5-11H2,1-4H3. The predicted octanol–water partition coefficient (Wildman–Crippen LogP) is 3.98. The molecule has 1 N–H and O–H groups in total. The van der Waals surface area contributed by atoms with Crippen LogP contribution >= 0.6 is 0 Å². The lowest BCUT2D eigenvalue weighted by atomic mass is 9.75. The van der Waals surface area contributed by atoms with Gasteiger partial charge >= 0.3 is 0 Å². The minimum absolute atomic E-state index is 0.604. The van der Waals surface area contributed by atoms with E-state index < -0.39 is 0 Å². The van der Waals surface area contributed by atoms with Crippen LogP contribution < -0.4 is 5.32 Å². The largest absolute Gasteiger partial charge is 0.314 e. The Labute approximate surface area is 96.0 Å². The molecule has 0 bridgehead atoms. The Hall–Kier alpha value is -0.0400. The molecule has 0 spiro atoms. The molecule has 1 heteroatoms. The molecule has 90 valence electrons. The zero-order valence-corrected chi connectivity index (χ0v) is 11.1. The van der Waals surface area contributed by atoms with Crippen molar-refractivity contribution in [1.29, 1.82) is 0 Å². The van der Waals surface area contributed by atoms with E-state index in [-0.39, 0.29) is 0 Å². The Morgan fingerprint density at radius 2 is 1.67 bits per heavy atom. The summed E-state index contributed by atoms with van der Waals surface area (Å²) in [6, 6.07) is 0.804. The van der Waals surface area contributed by atoms with Gasteiger partial charge < -0.3 is 5.32 Å². The van der Waals surface area contributed by atoms with Crippen LogP contribution in [0.2, 0.25) is 0 Å². The van der Waals surface area contributed by atoms with Crippen molar-refractivity contribution in [2.45, 2.75) is 72.3 Å². The highest BCUT2D eigenvalue weighted by Gasteiger charge is 2.26. The van der Waals surface area contributed by atoms with Crippen molar-refractivity contribution in [3.8, 4) is 0 Å². The summed E-state index contributed by atoms with van der Waals surface area (Å²) >= 11 is 0. The van der Waals surface area contributed by atoms with E-state index in [0.717, 1.165) is 12.0 Å². The van der Waals surface area contributed by atoms with Crippen LogP contribution in [0.4, 0.5) is 0 Å². The molecule has 1 rings (SSSR count). The summed E-state index contributed by atoms with van der Waals surface area (Å²) in [4.78, 5) is 0. The molecule has 0 amide bonds. The van der Waals surface area contributed by atoms with E-state index >= 15 is 0 Å². The van der Waals surface area contributed by atoms with Crippen molar-refractivity contribution in [3.63, 3.8) is 0 Å². The third-order valence-corrected chi connectivity index (χ3v) is 4.19. The number of nitrogens with one attached hydrogen (secondary N) is 1. The molecule has 0 aliphatic heterocycles. The van der Waals surface area contributed by atoms with Gasteiger partial charge in [0.15, 0.2) is 0 Å². The quantitative estimate of drug-likeness (QED) is 0.725. The van der Waals surface area contributed by atoms with Crippen molar-refractivity contribution >= 4 is 0 Å². The Kier molecular flexibility index (Phi) is 5.11. The van der Waals surface area contributed by atoms with Gasteiger partial charge in [-0.3, -0.25) is 0 Å². The van der Waals surface area contributed by atoms with Gasteiger partial charge in [-0.05, 0) is 43.6 Å². The SMILES string of the molecule is CCC(CC)CNC1CCC(C)(C)CC1. The van der Waals surface area contributed by atoms with Crippen LogP contribution in [0.5, 0.6) is 0 Å². The van der Waals surface area contributed by atoms with Gasteiger partial charge in [-0.2, -0.15) is 0 Å². The first-order valence-electron chi connectivity index (χ1n) is 6.80. The number of hydrogen-bond donors (Lipinski definition) is 1. The average molecular weight is 211 g/mol. The van der Waals surface area contributed by atoms with Gasteiger partial charge in [0.25, 0.3) is 0 Å². The van der Waals surface area contributed by atoms with Crippen molar-refractivity contribution in [3.05, 3.63) is 0 Å². The molecule has 1 nitrogen and oxygen atoms in total. The van der Waals surface area contributed by atoms with Crippen molar-refractivity contribution in [2.24, 2.45) is 11.3 Å². The Bertz CT molecular complexity index is 160. The van der Waals surface area contributed by atoms with E-state index in [9.17, 15) is 0 Å². The Balaban J connectivity index is 2.18. The molecular formula is C14H29N. The van der Waals surface area contributed by atoms with E-state index in [4.69, 9.17) is 0 Å². The summed E-state index contributed by atoms with van der Waals surface area (Å²) in [7, 11) is 0. The second-order valence-electron chi connectivity index (χ2n) is 6.03.